The first kappa shape index (κ1) is 13.3. The molecule has 0 saturated heterocycles. The largest absolute Gasteiger partial charge is 0.479 e. The van der Waals surface area contributed by atoms with E-state index in [2.05, 4.69) is 4.74 Å². The Morgan fingerprint density at radius 3 is 2.47 bits per heavy atom. The zero-order valence-corrected chi connectivity index (χ0v) is 8.65. The number of carboxylic acids is 1. The van der Waals surface area contributed by atoms with Gasteiger partial charge in [-0.1, -0.05) is 0 Å². The number of ether oxygens (including phenoxy) is 1. The molecule has 0 spiro atoms. The molecule has 1 rings (SSSR count). The smallest absolute Gasteiger partial charge is 0.387 e. The Hall–Kier alpha value is -1.76. The molecule has 17 heavy (non-hydrogen) atoms. The number of hydrogen-bond acceptors (Lipinski definition) is 3. The van der Waals surface area contributed by atoms with Gasteiger partial charge in [-0.15, -0.1) is 0 Å². The maximum absolute atomic E-state index is 13.4. The molecular formula is C10H9F3O4. The summed E-state index contributed by atoms with van der Waals surface area (Å²) in [6, 6.07) is 1.94. The van der Waals surface area contributed by atoms with Crippen molar-refractivity contribution in [3.05, 3.63) is 29.1 Å². The minimum Gasteiger partial charge on any atom is -0.479 e. The van der Waals surface area contributed by atoms with Crippen LogP contribution in [-0.2, 0) is 4.79 Å². The molecule has 0 bridgehead atoms. The number of carboxylic acid groups (broad SMARTS) is 1. The molecule has 0 saturated carbocycles. The van der Waals surface area contributed by atoms with Crippen LogP contribution in [0, 0.1) is 12.7 Å². The highest BCUT2D eigenvalue weighted by atomic mass is 19.3. The molecule has 1 atom stereocenters. The summed E-state index contributed by atoms with van der Waals surface area (Å²) in [7, 11) is 0. The lowest BCUT2D eigenvalue weighted by Crippen LogP contribution is -2.15. The summed E-state index contributed by atoms with van der Waals surface area (Å²) in [5.41, 5.74) is -0.553. The fraction of sp³-hybridized carbons (Fsp3) is 0.300. The Labute approximate surface area is 94.3 Å². The number of benzene rings is 1. The second kappa shape index (κ2) is 5.05. The lowest BCUT2D eigenvalue weighted by atomic mass is 10.0. The molecule has 7 heteroatoms. The fourth-order valence-electron chi connectivity index (χ4n) is 1.30. The average Bonchev–Trinajstić information content (AvgIpc) is 2.14. The van der Waals surface area contributed by atoms with E-state index < -0.39 is 35.8 Å². The number of aliphatic carboxylic acids is 1. The Morgan fingerprint density at radius 2 is 2.00 bits per heavy atom. The highest BCUT2D eigenvalue weighted by Gasteiger charge is 2.26. The summed E-state index contributed by atoms with van der Waals surface area (Å²) in [6.45, 7) is -1.82. The number of halogens is 3. The SMILES string of the molecule is Cc1cc(F)c(C(O)C(=O)O)c(OC(F)F)c1. The van der Waals surface area contributed by atoms with Crippen LogP contribution in [0.4, 0.5) is 13.2 Å². The van der Waals surface area contributed by atoms with Crippen LogP contribution in [0.2, 0.25) is 0 Å². The first-order valence-corrected chi connectivity index (χ1v) is 4.48. The van der Waals surface area contributed by atoms with Gasteiger partial charge in [-0.05, 0) is 24.6 Å². The van der Waals surface area contributed by atoms with Gasteiger partial charge in [0.05, 0.1) is 5.56 Å². The molecule has 94 valence electrons. The number of hydrogen-bond donors (Lipinski definition) is 2. The van der Waals surface area contributed by atoms with Crippen molar-refractivity contribution in [1.82, 2.24) is 0 Å². The van der Waals surface area contributed by atoms with Crippen molar-refractivity contribution in [3.8, 4) is 5.75 Å². The van der Waals surface area contributed by atoms with Crippen LogP contribution in [-0.4, -0.2) is 22.8 Å². The summed E-state index contributed by atoms with van der Waals surface area (Å²) in [4.78, 5) is 10.5. The lowest BCUT2D eigenvalue weighted by molar-refractivity contribution is -0.147. The lowest BCUT2D eigenvalue weighted by Gasteiger charge is -2.14. The van der Waals surface area contributed by atoms with Crippen LogP contribution in [0.5, 0.6) is 5.75 Å². The molecule has 0 fully saturated rings. The van der Waals surface area contributed by atoms with Gasteiger partial charge in [-0.25, -0.2) is 9.18 Å². The van der Waals surface area contributed by atoms with E-state index in [0.29, 0.717) is 0 Å². The van der Waals surface area contributed by atoms with E-state index in [1.54, 1.807) is 0 Å². The molecule has 0 heterocycles. The predicted octanol–water partition coefficient (Wildman–Crippen LogP) is 1.85. The summed E-state index contributed by atoms with van der Waals surface area (Å²) >= 11 is 0. The van der Waals surface area contributed by atoms with E-state index in [0.717, 1.165) is 12.1 Å². The standard InChI is InChI=1S/C10H9F3O4/c1-4-2-5(11)7(8(14)9(15)16)6(3-4)17-10(12)13/h2-3,8,10,14H,1H3,(H,15,16). The molecule has 0 aliphatic carbocycles. The Kier molecular flexibility index (Phi) is 3.95. The molecule has 0 aliphatic rings. The number of aryl methyl sites for hydroxylation is 1. The number of rotatable bonds is 4. The normalized spacial score (nSPS) is 12.6. The maximum Gasteiger partial charge on any atom is 0.387 e. The van der Waals surface area contributed by atoms with Crippen molar-refractivity contribution in [3.63, 3.8) is 0 Å². The first-order chi connectivity index (χ1) is 7.82. The molecular weight excluding hydrogens is 241 g/mol. The molecule has 2 N–H and O–H groups in total. The van der Waals surface area contributed by atoms with E-state index in [1.807, 2.05) is 0 Å². The minimum absolute atomic E-state index is 0.263. The van der Waals surface area contributed by atoms with Crippen LogP contribution in [0.25, 0.3) is 0 Å². The zero-order valence-electron chi connectivity index (χ0n) is 8.65. The quantitative estimate of drug-likeness (QED) is 0.855. The first-order valence-electron chi connectivity index (χ1n) is 4.48. The summed E-state index contributed by atoms with van der Waals surface area (Å²) in [5.74, 6) is -3.56. The summed E-state index contributed by atoms with van der Waals surface area (Å²) in [5, 5.41) is 17.7. The second-order valence-electron chi connectivity index (χ2n) is 3.28. The predicted molar refractivity (Wildman–Crippen MR) is 50.4 cm³/mol. The van der Waals surface area contributed by atoms with Gasteiger partial charge in [-0.2, -0.15) is 8.78 Å². The average molecular weight is 250 g/mol. The van der Waals surface area contributed by atoms with Gasteiger partial charge in [-0.3, -0.25) is 0 Å². The van der Waals surface area contributed by atoms with Crippen LogP contribution >= 0.6 is 0 Å². The van der Waals surface area contributed by atoms with Crippen LogP contribution in [0.3, 0.4) is 0 Å². The van der Waals surface area contributed by atoms with Gasteiger partial charge in [0.15, 0.2) is 6.10 Å². The number of aliphatic hydroxyl groups excluding tert-OH is 1. The third-order valence-corrected chi connectivity index (χ3v) is 1.96. The number of alkyl halides is 2. The van der Waals surface area contributed by atoms with E-state index in [4.69, 9.17) is 5.11 Å². The number of carbonyl (C=O) groups is 1. The molecule has 0 radical (unpaired) electrons. The van der Waals surface area contributed by atoms with E-state index in [1.165, 1.54) is 6.92 Å². The monoisotopic (exact) mass is 250 g/mol. The van der Waals surface area contributed by atoms with Gasteiger partial charge in [0.1, 0.15) is 11.6 Å². The molecule has 0 aliphatic heterocycles. The van der Waals surface area contributed by atoms with E-state index >= 15 is 0 Å². The van der Waals surface area contributed by atoms with E-state index in [9.17, 15) is 23.1 Å². The summed E-state index contributed by atoms with van der Waals surface area (Å²) < 4.78 is 41.5. The minimum atomic E-state index is -3.24. The Morgan fingerprint density at radius 1 is 1.41 bits per heavy atom. The second-order valence-corrected chi connectivity index (χ2v) is 3.28. The molecule has 0 aromatic heterocycles. The third kappa shape index (κ3) is 3.10. The van der Waals surface area contributed by atoms with Gasteiger partial charge in [0.2, 0.25) is 0 Å². The van der Waals surface area contributed by atoms with Crippen LogP contribution in [0.15, 0.2) is 12.1 Å². The van der Waals surface area contributed by atoms with Crippen molar-refractivity contribution in [2.24, 2.45) is 0 Å². The van der Waals surface area contributed by atoms with E-state index in [-0.39, 0.29) is 5.56 Å². The van der Waals surface area contributed by atoms with Crippen molar-refractivity contribution in [2.75, 3.05) is 0 Å². The highest BCUT2D eigenvalue weighted by Crippen LogP contribution is 2.31. The zero-order chi connectivity index (χ0) is 13.2. The van der Waals surface area contributed by atoms with Crippen molar-refractivity contribution < 1.29 is 32.9 Å². The molecule has 1 aromatic carbocycles. The van der Waals surface area contributed by atoms with Crippen LogP contribution in [0.1, 0.15) is 17.2 Å². The Bertz CT molecular complexity index is 434. The maximum atomic E-state index is 13.4. The van der Waals surface area contributed by atoms with Gasteiger partial charge in [0, 0.05) is 0 Å². The third-order valence-electron chi connectivity index (χ3n) is 1.96. The molecule has 1 aromatic rings. The summed E-state index contributed by atoms with van der Waals surface area (Å²) in [6.07, 6.45) is -2.26. The van der Waals surface area contributed by atoms with Crippen molar-refractivity contribution in [1.29, 1.82) is 0 Å². The van der Waals surface area contributed by atoms with Crippen LogP contribution < -0.4 is 4.74 Å². The topological polar surface area (TPSA) is 66.8 Å². The Balaban J connectivity index is 3.29. The highest BCUT2D eigenvalue weighted by molar-refractivity contribution is 5.75. The van der Waals surface area contributed by atoms with Crippen molar-refractivity contribution >= 4 is 5.97 Å². The fourth-order valence-corrected chi connectivity index (χ4v) is 1.30. The molecule has 0 amide bonds. The molecule has 1 unspecified atom stereocenters. The molecule has 4 nitrogen and oxygen atoms in total. The van der Waals surface area contributed by atoms with Crippen molar-refractivity contribution in [2.45, 2.75) is 19.6 Å². The van der Waals surface area contributed by atoms with Gasteiger partial charge in [0.25, 0.3) is 0 Å². The number of aliphatic hydroxyl groups is 1. The van der Waals surface area contributed by atoms with Gasteiger partial charge < -0.3 is 14.9 Å². The van der Waals surface area contributed by atoms with Gasteiger partial charge >= 0.3 is 12.6 Å².